The first-order valence-electron chi connectivity index (χ1n) is 8.35. The molecule has 1 heterocycles. The number of ether oxygens (including phenoxy) is 2. The van der Waals surface area contributed by atoms with Gasteiger partial charge in [0.1, 0.15) is 10.0 Å². The molecule has 0 bridgehead atoms. The Morgan fingerprint density at radius 3 is 2.62 bits per heavy atom. The third kappa shape index (κ3) is 3.81. The standard InChI is InChI=1S/C18H15ClN2O7S/c1-27-17(23)9-4-6-12-13(9)14(18(24)28-2)16(29-12)20-15(22)8-3-5-10(19)11(7-8)21(25)26/h3,5,7,9H,4,6H2,1-2H3,(H,20,22). The van der Waals surface area contributed by atoms with Crippen LogP contribution in [0.3, 0.4) is 0 Å². The predicted octanol–water partition coefficient (Wildman–Crippen LogP) is 3.55. The van der Waals surface area contributed by atoms with E-state index in [4.69, 9.17) is 21.1 Å². The Bertz CT molecular complexity index is 1030. The number of carbonyl (C=O) groups is 3. The number of aryl methyl sites for hydroxylation is 1. The van der Waals surface area contributed by atoms with Crippen molar-refractivity contribution in [1.29, 1.82) is 0 Å². The van der Waals surface area contributed by atoms with E-state index in [0.717, 1.165) is 22.3 Å². The minimum atomic E-state index is -0.698. The molecule has 0 spiro atoms. The summed E-state index contributed by atoms with van der Waals surface area (Å²) in [7, 11) is 2.46. The van der Waals surface area contributed by atoms with E-state index in [9.17, 15) is 24.5 Å². The van der Waals surface area contributed by atoms with Gasteiger partial charge in [0, 0.05) is 16.5 Å². The van der Waals surface area contributed by atoms with Gasteiger partial charge in [-0.2, -0.15) is 0 Å². The molecule has 1 aromatic heterocycles. The molecule has 1 N–H and O–H groups in total. The van der Waals surface area contributed by atoms with Gasteiger partial charge in [0.25, 0.3) is 11.6 Å². The summed E-state index contributed by atoms with van der Waals surface area (Å²) in [6, 6.07) is 3.63. The first kappa shape index (κ1) is 20.7. The quantitative estimate of drug-likeness (QED) is 0.429. The van der Waals surface area contributed by atoms with Gasteiger partial charge in [-0.25, -0.2) is 4.79 Å². The predicted molar refractivity (Wildman–Crippen MR) is 105 cm³/mol. The zero-order valence-corrected chi connectivity index (χ0v) is 16.9. The number of hydrogen-bond acceptors (Lipinski definition) is 8. The first-order chi connectivity index (χ1) is 13.8. The molecule has 29 heavy (non-hydrogen) atoms. The Labute approximate surface area is 173 Å². The van der Waals surface area contributed by atoms with Crippen LogP contribution < -0.4 is 5.32 Å². The van der Waals surface area contributed by atoms with Gasteiger partial charge in [0.15, 0.2) is 0 Å². The van der Waals surface area contributed by atoms with Gasteiger partial charge in [0.05, 0.1) is 30.6 Å². The molecule has 2 aromatic rings. The fourth-order valence-electron chi connectivity index (χ4n) is 3.20. The maximum atomic E-state index is 12.6. The Balaban J connectivity index is 1.99. The molecule has 1 amide bonds. The maximum absolute atomic E-state index is 12.6. The van der Waals surface area contributed by atoms with Crippen LogP contribution in [0.25, 0.3) is 0 Å². The third-order valence-electron chi connectivity index (χ3n) is 4.54. The second-order valence-electron chi connectivity index (χ2n) is 6.13. The van der Waals surface area contributed by atoms with Gasteiger partial charge < -0.3 is 14.8 Å². The highest BCUT2D eigenvalue weighted by Gasteiger charge is 2.38. The topological polar surface area (TPSA) is 125 Å². The highest BCUT2D eigenvalue weighted by Crippen LogP contribution is 2.46. The molecule has 3 rings (SSSR count). The van der Waals surface area contributed by atoms with Crippen LogP contribution in [0.1, 0.15) is 43.5 Å². The second-order valence-corrected chi connectivity index (χ2v) is 7.64. The van der Waals surface area contributed by atoms with E-state index in [2.05, 4.69) is 5.32 Å². The highest BCUT2D eigenvalue weighted by atomic mass is 35.5. The zero-order valence-electron chi connectivity index (χ0n) is 15.3. The van der Waals surface area contributed by atoms with Crippen molar-refractivity contribution in [2.24, 2.45) is 0 Å². The average molecular weight is 439 g/mol. The number of benzene rings is 1. The van der Waals surface area contributed by atoms with Crippen molar-refractivity contribution in [1.82, 2.24) is 0 Å². The van der Waals surface area contributed by atoms with E-state index in [1.54, 1.807) is 0 Å². The lowest BCUT2D eigenvalue weighted by atomic mass is 9.99. The number of esters is 2. The number of methoxy groups -OCH3 is 2. The third-order valence-corrected chi connectivity index (χ3v) is 6.04. The summed E-state index contributed by atoms with van der Waals surface area (Å²) >= 11 is 6.94. The molecule has 152 valence electrons. The molecule has 0 fully saturated rings. The van der Waals surface area contributed by atoms with Crippen molar-refractivity contribution >= 4 is 51.5 Å². The number of nitro benzene ring substituents is 1. The van der Waals surface area contributed by atoms with Gasteiger partial charge in [-0.1, -0.05) is 11.6 Å². The van der Waals surface area contributed by atoms with Crippen LogP contribution in [-0.2, 0) is 20.7 Å². The maximum Gasteiger partial charge on any atom is 0.341 e. The molecule has 0 radical (unpaired) electrons. The fourth-order valence-corrected chi connectivity index (χ4v) is 4.65. The summed E-state index contributed by atoms with van der Waals surface area (Å²) in [6.07, 6.45) is 1.04. The van der Waals surface area contributed by atoms with E-state index in [1.807, 2.05) is 0 Å². The summed E-state index contributed by atoms with van der Waals surface area (Å²) in [5.41, 5.74) is 0.172. The van der Waals surface area contributed by atoms with Crippen LogP contribution in [-0.4, -0.2) is 37.0 Å². The zero-order chi connectivity index (χ0) is 21.3. The number of fused-ring (bicyclic) bond motifs is 1. The van der Waals surface area contributed by atoms with Crippen LogP contribution in [0.5, 0.6) is 0 Å². The highest BCUT2D eigenvalue weighted by molar-refractivity contribution is 7.17. The summed E-state index contributed by atoms with van der Waals surface area (Å²) in [5.74, 6) is -2.46. The number of thiophene rings is 1. The molecule has 1 aromatic carbocycles. The largest absolute Gasteiger partial charge is 0.469 e. The molecular formula is C18H15ClN2O7S. The van der Waals surface area contributed by atoms with Gasteiger partial charge in [-0.05, 0) is 30.5 Å². The van der Waals surface area contributed by atoms with Crippen molar-refractivity contribution in [3.05, 3.63) is 54.9 Å². The molecule has 1 atom stereocenters. The second kappa shape index (κ2) is 8.18. The Kier molecular flexibility index (Phi) is 5.85. The Morgan fingerprint density at radius 2 is 2.00 bits per heavy atom. The number of hydrogen-bond donors (Lipinski definition) is 1. The lowest BCUT2D eigenvalue weighted by Crippen LogP contribution is -2.17. The number of nitrogens with zero attached hydrogens (tertiary/aromatic N) is 1. The van der Waals surface area contributed by atoms with E-state index in [1.165, 1.54) is 26.4 Å². The smallest absolute Gasteiger partial charge is 0.341 e. The molecule has 1 aliphatic rings. The van der Waals surface area contributed by atoms with Gasteiger partial charge in [-0.15, -0.1) is 11.3 Å². The minimum Gasteiger partial charge on any atom is -0.469 e. The van der Waals surface area contributed by atoms with Crippen LogP contribution in [0, 0.1) is 10.1 Å². The number of carbonyl (C=O) groups excluding carboxylic acids is 3. The van der Waals surface area contributed by atoms with Crippen molar-refractivity contribution in [2.45, 2.75) is 18.8 Å². The number of rotatable bonds is 5. The monoisotopic (exact) mass is 438 g/mol. The van der Waals surface area contributed by atoms with Crippen molar-refractivity contribution in [3.8, 4) is 0 Å². The molecule has 9 nitrogen and oxygen atoms in total. The Hall–Kier alpha value is -2.98. The lowest BCUT2D eigenvalue weighted by Gasteiger charge is -2.12. The first-order valence-corrected chi connectivity index (χ1v) is 9.54. The van der Waals surface area contributed by atoms with Crippen LogP contribution in [0.2, 0.25) is 5.02 Å². The molecule has 1 aliphatic carbocycles. The summed E-state index contributed by atoms with van der Waals surface area (Å²) in [6.45, 7) is 0. The van der Waals surface area contributed by atoms with Crippen molar-refractivity contribution in [2.75, 3.05) is 19.5 Å². The van der Waals surface area contributed by atoms with Gasteiger partial charge >= 0.3 is 11.9 Å². The lowest BCUT2D eigenvalue weighted by molar-refractivity contribution is -0.384. The molecule has 0 aliphatic heterocycles. The molecule has 0 saturated heterocycles. The SMILES string of the molecule is COC(=O)c1c(NC(=O)c2ccc(Cl)c([N+](=O)[O-])c2)sc2c1C(C(=O)OC)CC2. The molecule has 11 heteroatoms. The van der Waals surface area contributed by atoms with Crippen LogP contribution >= 0.6 is 22.9 Å². The van der Waals surface area contributed by atoms with E-state index in [-0.39, 0.29) is 21.2 Å². The number of halogens is 1. The normalized spacial score (nSPS) is 14.8. The van der Waals surface area contributed by atoms with Crippen molar-refractivity contribution in [3.63, 3.8) is 0 Å². The van der Waals surface area contributed by atoms with Crippen LogP contribution in [0.15, 0.2) is 18.2 Å². The number of anilines is 1. The molecular weight excluding hydrogens is 424 g/mol. The van der Waals surface area contributed by atoms with Crippen LogP contribution in [0.4, 0.5) is 10.7 Å². The van der Waals surface area contributed by atoms with E-state index in [0.29, 0.717) is 18.4 Å². The summed E-state index contributed by atoms with van der Waals surface area (Å²) in [5, 5.41) is 13.7. The number of nitro groups is 1. The van der Waals surface area contributed by atoms with Crippen molar-refractivity contribution < 1.29 is 28.8 Å². The van der Waals surface area contributed by atoms with E-state index < -0.39 is 34.4 Å². The van der Waals surface area contributed by atoms with Gasteiger partial charge in [0.2, 0.25) is 0 Å². The fraction of sp³-hybridized carbons (Fsp3) is 0.278. The Morgan fingerprint density at radius 1 is 1.28 bits per heavy atom. The number of amides is 1. The molecule has 1 unspecified atom stereocenters. The average Bonchev–Trinajstić information content (AvgIpc) is 3.25. The molecule has 0 saturated carbocycles. The number of nitrogens with one attached hydrogen (secondary N) is 1. The minimum absolute atomic E-state index is 0.00464. The summed E-state index contributed by atoms with van der Waals surface area (Å²) in [4.78, 5) is 48.3. The van der Waals surface area contributed by atoms with Gasteiger partial charge in [-0.3, -0.25) is 19.7 Å². The summed E-state index contributed by atoms with van der Waals surface area (Å²) < 4.78 is 9.65. The van der Waals surface area contributed by atoms with E-state index >= 15 is 0 Å².